The minimum Gasteiger partial charge on any atom is -0.0979 e. The summed E-state index contributed by atoms with van der Waals surface area (Å²) in [7, 11) is 0. The van der Waals surface area contributed by atoms with Crippen LogP contribution in [0.3, 0.4) is 0 Å². The van der Waals surface area contributed by atoms with Gasteiger partial charge in [-0.2, -0.15) is 0 Å². The maximum absolute atomic E-state index is 3.42. The first-order valence-electron chi connectivity index (χ1n) is 5.03. The molecule has 0 fully saturated rings. The van der Waals surface area contributed by atoms with Crippen molar-refractivity contribution in [3.8, 4) is 11.8 Å². The fourth-order valence-corrected chi connectivity index (χ4v) is 1.57. The Kier molecular flexibility index (Phi) is 6.19. The molecule has 0 aliphatic carbocycles. The monoisotopic (exact) mass is 250 g/mol. The molecule has 0 radical (unpaired) electrons. The highest BCUT2D eigenvalue weighted by Gasteiger charge is 1.85. The van der Waals surface area contributed by atoms with Crippen LogP contribution >= 0.6 is 15.9 Å². The Labute approximate surface area is 94.9 Å². The standard InChI is InChI=1S/C13H15Br/c14-12-8-3-1-2-5-9-13-10-6-4-7-11-13/h4,6-7,10-11H,1-3,8,12H2. The van der Waals surface area contributed by atoms with Gasteiger partial charge in [0.2, 0.25) is 0 Å². The Morgan fingerprint density at radius 1 is 1.00 bits per heavy atom. The largest absolute Gasteiger partial charge is 0.0979 e. The fourth-order valence-electron chi connectivity index (χ4n) is 1.17. The van der Waals surface area contributed by atoms with E-state index < -0.39 is 0 Å². The third kappa shape index (κ3) is 5.09. The Morgan fingerprint density at radius 2 is 1.79 bits per heavy atom. The van der Waals surface area contributed by atoms with E-state index in [-0.39, 0.29) is 0 Å². The van der Waals surface area contributed by atoms with Crippen LogP contribution < -0.4 is 0 Å². The van der Waals surface area contributed by atoms with Gasteiger partial charge in [0.1, 0.15) is 0 Å². The number of benzene rings is 1. The van der Waals surface area contributed by atoms with Crippen LogP contribution in [0.2, 0.25) is 0 Å². The normalized spacial score (nSPS) is 9.21. The fraction of sp³-hybridized carbons (Fsp3) is 0.385. The van der Waals surface area contributed by atoms with Gasteiger partial charge in [0.15, 0.2) is 0 Å². The van der Waals surface area contributed by atoms with Crippen molar-refractivity contribution in [3.05, 3.63) is 35.9 Å². The van der Waals surface area contributed by atoms with Crippen molar-refractivity contribution in [1.82, 2.24) is 0 Å². The van der Waals surface area contributed by atoms with Crippen LogP contribution in [0.5, 0.6) is 0 Å². The summed E-state index contributed by atoms with van der Waals surface area (Å²) in [6, 6.07) is 10.2. The predicted molar refractivity (Wildman–Crippen MR) is 65.6 cm³/mol. The Bertz CT molecular complexity index is 292. The molecule has 0 spiro atoms. The van der Waals surface area contributed by atoms with Gasteiger partial charge in [-0.3, -0.25) is 0 Å². The first-order valence-corrected chi connectivity index (χ1v) is 6.15. The van der Waals surface area contributed by atoms with E-state index in [9.17, 15) is 0 Å². The van der Waals surface area contributed by atoms with Crippen LogP contribution in [0.4, 0.5) is 0 Å². The molecule has 14 heavy (non-hydrogen) atoms. The van der Waals surface area contributed by atoms with Crippen LogP contribution in [-0.4, -0.2) is 5.33 Å². The quantitative estimate of drug-likeness (QED) is 0.431. The molecular formula is C13H15Br. The van der Waals surface area contributed by atoms with E-state index in [0.29, 0.717) is 0 Å². The lowest BCUT2D eigenvalue weighted by molar-refractivity contribution is 0.745. The maximum atomic E-state index is 3.42. The van der Waals surface area contributed by atoms with Gasteiger partial charge in [-0.15, -0.1) is 0 Å². The summed E-state index contributed by atoms with van der Waals surface area (Å²) >= 11 is 3.42. The van der Waals surface area contributed by atoms with Gasteiger partial charge in [-0.1, -0.05) is 52.4 Å². The van der Waals surface area contributed by atoms with Crippen molar-refractivity contribution < 1.29 is 0 Å². The summed E-state index contributed by atoms with van der Waals surface area (Å²) in [4.78, 5) is 0. The highest BCUT2D eigenvalue weighted by atomic mass is 79.9. The summed E-state index contributed by atoms with van der Waals surface area (Å²) in [6.45, 7) is 0. The smallest absolute Gasteiger partial charge is 0.0245 e. The zero-order valence-corrected chi connectivity index (χ0v) is 9.89. The van der Waals surface area contributed by atoms with Crippen molar-refractivity contribution in [3.63, 3.8) is 0 Å². The third-order valence-corrected chi connectivity index (χ3v) is 2.50. The molecule has 0 bridgehead atoms. The van der Waals surface area contributed by atoms with E-state index in [4.69, 9.17) is 0 Å². The number of alkyl halides is 1. The molecule has 0 nitrogen and oxygen atoms in total. The lowest BCUT2D eigenvalue weighted by atomic mass is 10.2. The average molecular weight is 251 g/mol. The molecule has 0 atom stereocenters. The van der Waals surface area contributed by atoms with Crippen molar-refractivity contribution in [1.29, 1.82) is 0 Å². The molecule has 0 aromatic heterocycles. The maximum Gasteiger partial charge on any atom is 0.0245 e. The van der Waals surface area contributed by atoms with Gasteiger partial charge in [-0.25, -0.2) is 0 Å². The van der Waals surface area contributed by atoms with Crippen molar-refractivity contribution in [2.75, 3.05) is 5.33 Å². The van der Waals surface area contributed by atoms with Gasteiger partial charge in [-0.05, 0) is 25.0 Å². The molecular weight excluding hydrogens is 236 g/mol. The molecule has 0 aliphatic heterocycles. The topological polar surface area (TPSA) is 0 Å². The van der Waals surface area contributed by atoms with E-state index >= 15 is 0 Å². The summed E-state index contributed by atoms with van der Waals surface area (Å²) in [5, 5.41) is 1.11. The predicted octanol–water partition coefficient (Wildman–Crippen LogP) is 3.99. The van der Waals surface area contributed by atoms with Crippen molar-refractivity contribution >= 4 is 15.9 Å². The molecule has 0 aliphatic rings. The SMILES string of the molecule is BrCCCCCC#Cc1ccccc1. The minimum atomic E-state index is 1.02. The Balaban J connectivity index is 2.21. The number of hydrogen-bond donors (Lipinski definition) is 0. The number of unbranched alkanes of at least 4 members (excludes halogenated alkanes) is 3. The Hall–Kier alpha value is -0.740. The molecule has 0 saturated heterocycles. The number of rotatable bonds is 4. The van der Waals surface area contributed by atoms with Gasteiger partial charge in [0.25, 0.3) is 0 Å². The van der Waals surface area contributed by atoms with Crippen molar-refractivity contribution in [2.24, 2.45) is 0 Å². The van der Waals surface area contributed by atoms with Crippen LogP contribution in [0, 0.1) is 11.8 Å². The highest BCUT2D eigenvalue weighted by molar-refractivity contribution is 9.09. The summed E-state index contributed by atoms with van der Waals surface area (Å²) < 4.78 is 0. The molecule has 0 unspecified atom stereocenters. The molecule has 1 aromatic carbocycles. The zero-order chi connectivity index (χ0) is 10.1. The van der Waals surface area contributed by atoms with E-state index in [1.807, 2.05) is 30.3 Å². The van der Waals surface area contributed by atoms with Crippen molar-refractivity contribution in [2.45, 2.75) is 25.7 Å². The minimum absolute atomic E-state index is 1.02. The number of halogens is 1. The van der Waals surface area contributed by atoms with E-state index in [1.165, 1.54) is 19.3 Å². The summed E-state index contributed by atoms with van der Waals surface area (Å²) in [6.07, 6.45) is 4.76. The molecule has 0 saturated carbocycles. The van der Waals surface area contributed by atoms with Crippen LogP contribution in [0.1, 0.15) is 31.2 Å². The van der Waals surface area contributed by atoms with Gasteiger partial charge in [0.05, 0.1) is 0 Å². The number of hydrogen-bond acceptors (Lipinski definition) is 0. The first kappa shape index (κ1) is 11.3. The molecule has 74 valence electrons. The molecule has 1 aromatic rings. The first-order chi connectivity index (χ1) is 6.93. The second-order valence-electron chi connectivity index (χ2n) is 3.17. The average Bonchev–Trinajstić information content (AvgIpc) is 2.25. The van der Waals surface area contributed by atoms with Gasteiger partial charge >= 0.3 is 0 Å². The zero-order valence-electron chi connectivity index (χ0n) is 8.30. The van der Waals surface area contributed by atoms with E-state index in [0.717, 1.165) is 17.3 Å². The highest BCUT2D eigenvalue weighted by Crippen LogP contribution is 2.01. The molecule has 0 N–H and O–H groups in total. The Morgan fingerprint density at radius 3 is 2.50 bits per heavy atom. The van der Waals surface area contributed by atoms with Crippen LogP contribution in [0.25, 0.3) is 0 Å². The third-order valence-electron chi connectivity index (χ3n) is 1.94. The molecule has 0 amide bonds. The van der Waals surface area contributed by atoms with E-state index in [2.05, 4.69) is 27.8 Å². The van der Waals surface area contributed by atoms with Gasteiger partial charge in [0, 0.05) is 17.3 Å². The second kappa shape index (κ2) is 7.64. The lowest BCUT2D eigenvalue weighted by Crippen LogP contribution is -1.77. The summed E-state index contributed by atoms with van der Waals surface area (Å²) in [5.74, 6) is 6.36. The van der Waals surface area contributed by atoms with Crippen LogP contribution in [0.15, 0.2) is 30.3 Å². The van der Waals surface area contributed by atoms with E-state index in [1.54, 1.807) is 0 Å². The van der Waals surface area contributed by atoms with Crippen LogP contribution in [-0.2, 0) is 0 Å². The molecule has 1 rings (SSSR count). The summed E-state index contributed by atoms with van der Waals surface area (Å²) in [5.41, 5.74) is 1.12. The lowest BCUT2D eigenvalue weighted by Gasteiger charge is -1.91. The molecule has 1 heteroatoms. The molecule has 0 heterocycles. The van der Waals surface area contributed by atoms with Gasteiger partial charge < -0.3 is 0 Å². The second-order valence-corrected chi connectivity index (χ2v) is 3.96.